The predicted molar refractivity (Wildman–Crippen MR) is 67.1 cm³/mol. The highest BCUT2D eigenvalue weighted by molar-refractivity contribution is 5.48. The molecule has 2 aromatic carbocycles. The van der Waals surface area contributed by atoms with Crippen molar-refractivity contribution in [3.63, 3.8) is 0 Å². The lowest BCUT2D eigenvalue weighted by molar-refractivity contribution is 0.282. The maximum Gasteiger partial charge on any atom is 0.113 e. The van der Waals surface area contributed by atoms with Crippen LogP contribution in [-0.2, 0) is 13.0 Å². The third-order valence-corrected chi connectivity index (χ3v) is 2.66. The lowest BCUT2D eigenvalue weighted by Gasteiger charge is -2.05. The summed E-state index contributed by atoms with van der Waals surface area (Å²) >= 11 is 0. The lowest BCUT2D eigenvalue weighted by atomic mass is 10.0. The van der Waals surface area contributed by atoms with E-state index in [2.05, 4.69) is 5.18 Å². The third-order valence-electron chi connectivity index (χ3n) is 2.66. The number of aliphatic hydroxyl groups is 1. The van der Waals surface area contributed by atoms with Gasteiger partial charge in [0.25, 0.3) is 0 Å². The summed E-state index contributed by atoms with van der Waals surface area (Å²) in [7, 11) is 0. The number of nitroso groups, excluding NO2 is 1. The molecule has 0 atom stereocenters. The van der Waals surface area contributed by atoms with Gasteiger partial charge in [-0.15, -0.1) is 4.91 Å². The van der Waals surface area contributed by atoms with Crippen molar-refractivity contribution in [1.29, 1.82) is 0 Å². The van der Waals surface area contributed by atoms with Crippen molar-refractivity contribution in [2.45, 2.75) is 13.0 Å². The molecule has 3 heteroatoms. The molecule has 86 valence electrons. The number of hydrogen-bond donors (Lipinski definition) is 1. The predicted octanol–water partition coefficient (Wildman–Crippen LogP) is 3.17. The highest BCUT2D eigenvalue weighted by atomic mass is 16.3. The fraction of sp³-hybridized carbons (Fsp3) is 0.143. The van der Waals surface area contributed by atoms with E-state index in [4.69, 9.17) is 5.11 Å². The van der Waals surface area contributed by atoms with Crippen LogP contribution in [0.15, 0.2) is 53.7 Å². The van der Waals surface area contributed by atoms with E-state index in [9.17, 15) is 4.91 Å². The van der Waals surface area contributed by atoms with Gasteiger partial charge in [-0.3, -0.25) is 0 Å². The van der Waals surface area contributed by atoms with Crippen molar-refractivity contribution >= 4 is 5.69 Å². The fourth-order valence-corrected chi connectivity index (χ4v) is 1.80. The van der Waals surface area contributed by atoms with Crippen LogP contribution in [0, 0.1) is 4.91 Å². The zero-order valence-corrected chi connectivity index (χ0v) is 9.34. The number of rotatable bonds is 4. The van der Waals surface area contributed by atoms with Crippen LogP contribution in [0.25, 0.3) is 0 Å². The summed E-state index contributed by atoms with van der Waals surface area (Å²) in [6.45, 7) is -0.163. The molecule has 17 heavy (non-hydrogen) atoms. The molecule has 0 amide bonds. The molecule has 0 aliphatic rings. The van der Waals surface area contributed by atoms with E-state index in [0.29, 0.717) is 11.3 Å². The number of benzene rings is 2. The Kier molecular flexibility index (Phi) is 3.62. The lowest BCUT2D eigenvalue weighted by Crippen LogP contribution is -1.91. The molecule has 0 aliphatic heterocycles. The Morgan fingerprint density at radius 3 is 2.41 bits per heavy atom. The molecule has 0 fully saturated rings. The first kappa shape index (κ1) is 11.5. The van der Waals surface area contributed by atoms with Gasteiger partial charge in [-0.1, -0.05) is 42.5 Å². The molecule has 1 N–H and O–H groups in total. The van der Waals surface area contributed by atoms with E-state index >= 15 is 0 Å². The summed E-state index contributed by atoms with van der Waals surface area (Å²) < 4.78 is 0. The first-order valence-electron chi connectivity index (χ1n) is 5.43. The second-order valence-electron chi connectivity index (χ2n) is 3.87. The monoisotopic (exact) mass is 227 g/mol. The third kappa shape index (κ3) is 2.77. The smallest absolute Gasteiger partial charge is 0.113 e. The topological polar surface area (TPSA) is 49.7 Å². The minimum Gasteiger partial charge on any atom is -0.392 e. The molecule has 0 aliphatic carbocycles. The minimum absolute atomic E-state index is 0.163. The molecule has 0 saturated carbocycles. The largest absolute Gasteiger partial charge is 0.392 e. The van der Waals surface area contributed by atoms with Gasteiger partial charge in [0.15, 0.2) is 0 Å². The molecule has 0 spiro atoms. The van der Waals surface area contributed by atoms with Gasteiger partial charge in [-0.05, 0) is 28.8 Å². The Balaban J connectivity index is 2.25. The van der Waals surface area contributed by atoms with Gasteiger partial charge in [-0.2, -0.15) is 0 Å². The highest BCUT2D eigenvalue weighted by Crippen LogP contribution is 2.21. The van der Waals surface area contributed by atoms with Gasteiger partial charge in [0, 0.05) is 5.56 Å². The minimum atomic E-state index is -0.163. The molecule has 0 heterocycles. The van der Waals surface area contributed by atoms with Crippen LogP contribution in [0.4, 0.5) is 5.69 Å². The van der Waals surface area contributed by atoms with Crippen molar-refractivity contribution in [3.05, 3.63) is 70.1 Å². The number of nitrogens with zero attached hydrogens (tertiary/aromatic N) is 1. The standard InChI is InChI=1S/C14H13NO2/c16-10-13-9-12(6-7-14(13)15-17)8-11-4-2-1-3-5-11/h1-7,9,16H,8,10H2. The van der Waals surface area contributed by atoms with Gasteiger partial charge in [0.05, 0.1) is 6.61 Å². The first-order valence-corrected chi connectivity index (χ1v) is 5.43. The van der Waals surface area contributed by atoms with Crippen molar-refractivity contribution in [3.8, 4) is 0 Å². The Morgan fingerprint density at radius 1 is 1.00 bits per heavy atom. The molecule has 3 nitrogen and oxygen atoms in total. The van der Waals surface area contributed by atoms with Crippen LogP contribution in [0.2, 0.25) is 0 Å². The summed E-state index contributed by atoms with van der Waals surface area (Å²) in [5.41, 5.74) is 3.15. The Labute approximate surface area is 99.7 Å². The number of hydrogen-bond acceptors (Lipinski definition) is 3. The summed E-state index contributed by atoms with van der Waals surface area (Å²) in [6.07, 6.45) is 0.785. The normalized spacial score (nSPS) is 10.2. The zero-order valence-electron chi connectivity index (χ0n) is 9.34. The zero-order chi connectivity index (χ0) is 12.1. The van der Waals surface area contributed by atoms with Gasteiger partial charge < -0.3 is 5.11 Å². The Morgan fingerprint density at radius 2 is 1.76 bits per heavy atom. The van der Waals surface area contributed by atoms with Gasteiger partial charge in [-0.25, -0.2) is 0 Å². The van der Waals surface area contributed by atoms with Crippen LogP contribution in [0.1, 0.15) is 16.7 Å². The fourth-order valence-electron chi connectivity index (χ4n) is 1.80. The van der Waals surface area contributed by atoms with E-state index in [1.54, 1.807) is 6.07 Å². The van der Waals surface area contributed by atoms with E-state index < -0.39 is 0 Å². The molecule has 0 unspecified atom stereocenters. The summed E-state index contributed by atoms with van der Waals surface area (Å²) in [5, 5.41) is 12.0. The van der Waals surface area contributed by atoms with Crippen LogP contribution >= 0.6 is 0 Å². The van der Waals surface area contributed by atoms with Crippen LogP contribution in [-0.4, -0.2) is 5.11 Å². The number of aliphatic hydroxyl groups excluding tert-OH is 1. The summed E-state index contributed by atoms with van der Waals surface area (Å²) in [4.78, 5) is 10.5. The van der Waals surface area contributed by atoms with Crippen LogP contribution in [0.3, 0.4) is 0 Å². The average molecular weight is 227 g/mol. The molecule has 0 saturated heterocycles. The quantitative estimate of drug-likeness (QED) is 0.815. The Bertz CT molecular complexity index is 509. The van der Waals surface area contributed by atoms with Crippen molar-refractivity contribution in [1.82, 2.24) is 0 Å². The van der Waals surface area contributed by atoms with Crippen molar-refractivity contribution in [2.75, 3.05) is 0 Å². The van der Waals surface area contributed by atoms with E-state index in [1.807, 2.05) is 42.5 Å². The molecular formula is C14H13NO2. The molecular weight excluding hydrogens is 214 g/mol. The molecule has 2 aromatic rings. The molecule has 0 aromatic heterocycles. The second-order valence-corrected chi connectivity index (χ2v) is 3.87. The van der Waals surface area contributed by atoms with Gasteiger partial charge in [0.2, 0.25) is 0 Å². The molecule has 2 rings (SSSR count). The molecule has 0 bridgehead atoms. The maximum absolute atomic E-state index is 10.5. The second kappa shape index (κ2) is 5.37. The van der Waals surface area contributed by atoms with Crippen LogP contribution < -0.4 is 0 Å². The van der Waals surface area contributed by atoms with Gasteiger partial charge >= 0.3 is 0 Å². The maximum atomic E-state index is 10.5. The van der Waals surface area contributed by atoms with Crippen molar-refractivity contribution < 1.29 is 5.11 Å². The van der Waals surface area contributed by atoms with E-state index in [0.717, 1.165) is 12.0 Å². The van der Waals surface area contributed by atoms with Gasteiger partial charge in [0.1, 0.15) is 5.69 Å². The Hall–Kier alpha value is -2.00. The van der Waals surface area contributed by atoms with E-state index in [-0.39, 0.29) is 6.61 Å². The SMILES string of the molecule is O=Nc1ccc(Cc2ccccc2)cc1CO. The van der Waals surface area contributed by atoms with E-state index in [1.165, 1.54) is 5.56 Å². The average Bonchev–Trinajstić information content (AvgIpc) is 2.40. The molecule has 0 radical (unpaired) electrons. The summed E-state index contributed by atoms with van der Waals surface area (Å²) in [6, 6.07) is 15.4. The highest BCUT2D eigenvalue weighted by Gasteiger charge is 2.04. The first-order chi connectivity index (χ1) is 8.33. The summed E-state index contributed by atoms with van der Waals surface area (Å²) in [5.74, 6) is 0. The van der Waals surface area contributed by atoms with Crippen molar-refractivity contribution in [2.24, 2.45) is 5.18 Å². The van der Waals surface area contributed by atoms with Crippen LogP contribution in [0.5, 0.6) is 0 Å².